The van der Waals surface area contributed by atoms with E-state index in [1.165, 1.54) is 0 Å². The van der Waals surface area contributed by atoms with Gasteiger partial charge in [0.15, 0.2) is 9.84 Å². The minimum absolute atomic E-state index is 0.0823. The zero-order valence-electron chi connectivity index (χ0n) is 10.5. The Hall–Kier alpha value is -0.660. The van der Waals surface area contributed by atoms with E-state index in [1.807, 2.05) is 25.1 Å². The van der Waals surface area contributed by atoms with Crippen LogP contribution in [0.2, 0.25) is 0 Å². The van der Waals surface area contributed by atoms with E-state index in [0.29, 0.717) is 11.5 Å². The summed E-state index contributed by atoms with van der Waals surface area (Å²) in [5.74, 6) is 0.330. The minimum atomic E-state index is -2.93. The van der Waals surface area contributed by atoms with Crippen LogP contribution < -0.4 is 10.6 Å². The topological polar surface area (TPSA) is 63.4 Å². The van der Waals surface area contributed by atoms with Crippen molar-refractivity contribution in [1.82, 2.24) is 0 Å². The highest BCUT2D eigenvalue weighted by molar-refractivity contribution is 9.10. The zero-order chi connectivity index (χ0) is 14.2. The Balaban J connectivity index is 2.43. The van der Waals surface area contributed by atoms with Crippen LogP contribution in [0.4, 0.5) is 5.69 Å². The van der Waals surface area contributed by atoms with Crippen molar-refractivity contribution in [1.29, 1.82) is 0 Å². The van der Waals surface area contributed by atoms with Gasteiger partial charge in [-0.25, -0.2) is 8.42 Å². The number of sulfone groups is 1. The van der Waals surface area contributed by atoms with E-state index < -0.39 is 9.84 Å². The quantitative estimate of drug-likeness (QED) is 0.811. The molecule has 1 aromatic rings. The fourth-order valence-electron chi connectivity index (χ4n) is 2.35. The molecule has 1 fully saturated rings. The van der Waals surface area contributed by atoms with Crippen molar-refractivity contribution in [3.05, 3.63) is 28.2 Å². The third-order valence-corrected chi connectivity index (χ3v) is 5.88. The Morgan fingerprint density at radius 2 is 2.21 bits per heavy atom. The van der Waals surface area contributed by atoms with Gasteiger partial charge in [-0.05, 0) is 35.0 Å². The van der Waals surface area contributed by atoms with Crippen LogP contribution in [0.1, 0.15) is 12.5 Å². The molecule has 0 saturated carbocycles. The smallest absolute Gasteiger partial charge is 0.154 e. The summed E-state index contributed by atoms with van der Waals surface area (Å²) >= 11 is 8.54. The van der Waals surface area contributed by atoms with Crippen LogP contribution in [0, 0.1) is 0 Å². The lowest BCUT2D eigenvalue weighted by atomic mass is 10.1. The molecule has 0 aliphatic carbocycles. The predicted octanol–water partition coefficient (Wildman–Crippen LogP) is 1.71. The fraction of sp³-hybridized carbons (Fsp3) is 0.417. The summed E-state index contributed by atoms with van der Waals surface area (Å²) in [6.45, 7) is 2.37. The molecule has 19 heavy (non-hydrogen) atoms. The molecular formula is C12H15BrN2O2S2. The van der Waals surface area contributed by atoms with Crippen molar-refractivity contribution in [2.75, 3.05) is 23.0 Å². The highest BCUT2D eigenvalue weighted by Gasteiger charge is 2.30. The highest BCUT2D eigenvalue weighted by Crippen LogP contribution is 2.30. The average Bonchev–Trinajstić information content (AvgIpc) is 2.26. The van der Waals surface area contributed by atoms with Crippen molar-refractivity contribution < 1.29 is 8.42 Å². The van der Waals surface area contributed by atoms with Crippen molar-refractivity contribution >= 4 is 48.7 Å². The number of hydrogen-bond donors (Lipinski definition) is 1. The summed E-state index contributed by atoms with van der Waals surface area (Å²) in [5.41, 5.74) is 7.44. The minimum Gasteiger partial charge on any atom is -0.389 e. The van der Waals surface area contributed by atoms with Crippen LogP contribution in [-0.4, -0.2) is 37.5 Å². The van der Waals surface area contributed by atoms with E-state index in [2.05, 4.69) is 20.8 Å². The number of hydrogen-bond acceptors (Lipinski definition) is 4. The van der Waals surface area contributed by atoms with Gasteiger partial charge in [0.05, 0.1) is 11.5 Å². The third-order valence-electron chi connectivity index (χ3n) is 3.22. The highest BCUT2D eigenvalue weighted by atomic mass is 79.9. The lowest BCUT2D eigenvalue weighted by Gasteiger charge is -2.36. The number of benzene rings is 1. The van der Waals surface area contributed by atoms with E-state index in [1.54, 1.807) is 0 Å². The maximum Gasteiger partial charge on any atom is 0.154 e. The number of halogens is 1. The van der Waals surface area contributed by atoms with Gasteiger partial charge in [0.25, 0.3) is 0 Å². The van der Waals surface area contributed by atoms with Gasteiger partial charge in [-0.2, -0.15) is 0 Å². The van der Waals surface area contributed by atoms with Gasteiger partial charge in [-0.1, -0.05) is 18.3 Å². The van der Waals surface area contributed by atoms with Gasteiger partial charge in [0, 0.05) is 28.3 Å². The molecule has 1 saturated heterocycles. The molecule has 1 aliphatic rings. The van der Waals surface area contributed by atoms with Gasteiger partial charge < -0.3 is 10.6 Å². The van der Waals surface area contributed by atoms with Gasteiger partial charge in [0.1, 0.15) is 4.99 Å². The molecule has 7 heteroatoms. The van der Waals surface area contributed by atoms with E-state index in [9.17, 15) is 8.42 Å². The first-order valence-electron chi connectivity index (χ1n) is 5.87. The number of nitrogens with two attached hydrogens (primary N) is 1. The van der Waals surface area contributed by atoms with Gasteiger partial charge in [-0.15, -0.1) is 0 Å². The molecule has 0 aromatic heterocycles. The second-order valence-electron chi connectivity index (χ2n) is 4.65. The lowest BCUT2D eigenvalue weighted by Crippen LogP contribution is -2.47. The standard InChI is InChI=1S/C12H15BrN2O2S2/c1-8-7-19(16,17)6-5-15(8)10-4-2-3-9(13)11(10)12(14)18/h2-4,8H,5-7H2,1H3,(H2,14,18). The second kappa shape index (κ2) is 5.38. The number of anilines is 1. The Kier molecular flexibility index (Phi) is 4.17. The van der Waals surface area contributed by atoms with Crippen molar-refractivity contribution in [2.45, 2.75) is 13.0 Å². The summed E-state index contributed by atoms with van der Waals surface area (Å²) in [5, 5.41) is 0. The van der Waals surface area contributed by atoms with Gasteiger partial charge in [-0.3, -0.25) is 0 Å². The van der Waals surface area contributed by atoms with Crippen LogP contribution in [0.5, 0.6) is 0 Å². The summed E-state index contributed by atoms with van der Waals surface area (Å²) in [6.07, 6.45) is 0. The fourth-order valence-corrected chi connectivity index (χ4v) is 4.82. The molecule has 1 heterocycles. The zero-order valence-corrected chi connectivity index (χ0v) is 13.7. The molecular weight excluding hydrogens is 348 g/mol. The number of thiocarbonyl (C=S) groups is 1. The lowest BCUT2D eigenvalue weighted by molar-refractivity contribution is 0.568. The summed E-state index contributed by atoms with van der Waals surface area (Å²) in [4.78, 5) is 2.36. The maximum absolute atomic E-state index is 11.6. The largest absolute Gasteiger partial charge is 0.389 e. The van der Waals surface area contributed by atoms with Crippen LogP contribution >= 0.6 is 28.1 Å². The third kappa shape index (κ3) is 3.09. The molecule has 2 N–H and O–H groups in total. The Bertz CT molecular complexity index is 616. The average molecular weight is 363 g/mol. The van der Waals surface area contributed by atoms with Gasteiger partial charge in [0.2, 0.25) is 0 Å². The molecule has 0 bridgehead atoms. The van der Waals surface area contributed by atoms with Crippen LogP contribution in [0.15, 0.2) is 22.7 Å². The first-order chi connectivity index (χ1) is 8.82. The van der Waals surface area contributed by atoms with E-state index in [-0.39, 0.29) is 17.5 Å². The van der Waals surface area contributed by atoms with E-state index in [0.717, 1.165) is 15.7 Å². The van der Waals surface area contributed by atoms with Gasteiger partial charge >= 0.3 is 0 Å². The number of nitrogens with zero attached hydrogens (tertiary/aromatic N) is 1. The Labute approximate surface area is 127 Å². The van der Waals surface area contributed by atoms with Crippen LogP contribution in [-0.2, 0) is 9.84 Å². The SMILES string of the molecule is CC1CS(=O)(=O)CCN1c1cccc(Br)c1C(N)=S. The summed E-state index contributed by atoms with van der Waals surface area (Å²) in [6, 6.07) is 5.62. The molecule has 1 unspecified atom stereocenters. The molecule has 2 rings (SSSR count). The normalized spacial score (nSPS) is 22.2. The number of rotatable bonds is 2. The molecule has 4 nitrogen and oxygen atoms in total. The monoisotopic (exact) mass is 362 g/mol. The molecule has 1 atom stereocenters. The molecule has 0 spiro atoms. The first kappa shape index (κ1) is 14.7. The second-order valence-corrected chi connectivity index (χ2v) is 8.18. The first-order valence-corrected chi connectivity index (χ1v) is 8.89. The summed E-state index contributed by atoms with van der Waals surface area (Å²) < 4.78 is 24.1. The molecule has 0 amide bonds. The van der Waals surface area contributed by atoms with Crippen LogP contribution in [0.25, 0.3) is 0 Å². The van der Waals surface area contributed by atoms with Crippen molar-refractivity contribution in [3.8, 4) is 0 Å². The van der Waals surface area contributed by atoms with Crippen molar-refractivity contribution in [2.24, 2.45) is 5.73 Å². The molecule has 1 aromatic carbocycles. The maximum atomic E-state index is 11.6. The van der Waals surface area contributed by atoms with E-state index in [4.69, 9.17) is 18.0 Å². The van der Waals surface area contributed by atoms with Crippen molar-refractivity contribution in [3.63, 3.8) is 0 Å². The van der Waals surface area contributed by atoms with E-state index >= 15 is 0 Å². The predicted molar refractivity (Wildman–Crippen MR) is 85.5 cm³/mol. The Morgan fingerprint density at radius 3 is 2.79 bits per heavy atom. The molecule has 0 radical (unpaired) electrons. The summed E-state index contributed by atoms with van der Waals surface area (Å²) in [7, 11) is -2.93. The molecule has 104 valence electrons. The van der Waals surface area contributed by atoms with Crippen LogP contribution in [0.3, 0.4) is 0 Å². The molecule has 1 aliphatic heterocycles. The Morgan fingerprint density at radius 1 is 1.53 bits per heavy atom.